The van der Waals surface area contributed by atoms with E-state index in [-0.39, 0.29) is 17.1 Å². The maximum absolute atomic E-state index is 14.0. The van der Waals surface area contributed by atoms with E-state index in [0.717, 1.165) is 27.9 Å². The van der Waals surface area contributed by atoms with Crippen molar-refractivity contribution in [1.29, 1.82) is 0 Å². The average molecular weight is 519 g/mol. The first-order chi connectivity index (χ1) is 18.8. The number of para-hydroxylation sites is 1. The van der Waals surface area contributed by atoms with Gasteiger partial charge in [-0.25, -0.2) is 9.97 Å². The summed E-state index contributed by atoms with van der Waals surface area (Å²) in [5.74, 6) is 0.938. The van der Waals surface area contributed by atoms with Gasteiger partial charge in [-0.2, -0.15) is 0 Å². The van der Waals surface area contributed by atoms with Crippen LogP contribution in [0.3, 0.4) is 0 Å². The Morgan fingerprint density at radius 3 is 2.49 bits per heavy atom. The maximum Gasteiger partial charge on any atom is 0.263 e. The Morgan fingerprint density at radius 1 is 1.00 bits per heavy atom. The fraction of sp³-hybridized carbons (Fsp3) is 0.161. The highest BCUT2D eigenvalue weighted by Crippen LogP contribution is 2.28. The number of aromatic hydroxyl groups is 1. The lowest BCUT2D eigenvalue weighted by atomic mass is 10.0. The van der Waals surface area contributed by atoms with E-state index in [1.807, 2.05) is 74.3 Å². The molecule has 0 bridgehead atoms. The second kappa shape index (κ2) is 10.4. The van der Waals surface area contributed by atoms with E-state index < -0.39 is 0 Å². The van der Waals surface area contributed by atoms with Gasteiger partial charge in [0.15, 0.2) is 0 Å². The molecule has 0 spiro atoms. The molecule has 0 unspecified atom stereocenters. The molecule has 8 heteroatoms. The van der Waals surface area contributed by atoms with Crippen molar-refractivity contribution >= 4 is 28.1 Å². The van der Waals surface area contributed by atoms with Crippen LogP contribution in [0.4, 0.5) is 11.6 Å². The summed E-state index contributed by atoms with van der Waals surface area (Å²) < 4.78 is 1.79. The van der Waals surface area contributed by atoms with Crippen LogP contribution in [0.1, 0.15) is 27.9 Å². The number of fused-ring (bicyclic) bond motifs is 1. The fourth-order valence-electron chi connectivity index (χ4n) is 5.05. The molecule has 0 aliphatic carbocycles. The van der Waals surface area contributed by atoms with Gasteiger partial charge in [0.1, 0.15) is 23.7 Å². The van der Waals surface area contributed by atoms with E-state index in [2.05, 4.69) is 21.0 Å². The number of hydrogen-bond donors (Lipinski definition) is 2. The standard InChI is InChI=1S/C31H30N6O2/c1-19-9-5-6-14-25(19)37-23(15-21-11-7-10-20(2)26(21)31(37)39)17-36(4)30-27(29(32)34-18-35-30)28(33-3)22-12-8-13-24(38)16-22/h5-16,18,38H,17H2,1-4H3,(H2,32,34,35). The lowest BCUT2D eigenvalue weighted by molar-refractivity contribution is 0.475. The van der Waals surface area contributed by atoms with Gasteiger partial charge in [0, 0.05) is 25.4 Å². The number of anilines is 2. The monoisotopic (exact) mass is 518 g/mol. The summed E-state index contributed by atoms with van der Waals surface area (Å²) in [5, 5.41) is 11.7. The molecular formula is C31H30N6O2. The summed E-state index contributed by atoms with van der Waals surface area (Å²) in [5.41, 5.74) is 11.7. The first-order valence-corrected chi connectivity index (χ1v) is 12.6. The van der Waals surface area contributed by atoms with Crippen LogP contribution in [0.2, 0.25) is 0 Å². The molecule has 5 rings (SSSR count). The van der Waals surface area contributed by atoms with Gasteiger partial charge < -0.3 is 15.7 Å². The van der Waals surface area contributed by atoms with Crippen LogP contribution in [-0.4, -0.2) is 39.4 Å². The van der Waals surface area contributed by atoms with E-state index in [4.69, 9.17) is 5.73 Å². The Labute approximate surface area is 226 Å². The predicted octanol–water partition coefficient (Wildman–Crippen LogP) is 4.79. The summed E-state index contributed by atoms with van der Waals surface area (Å²) >= 11 is 0. The first kappa shape index (κ1) is 25.7. The number of aromatic nitrogens is 3. The van der Waals surface area contributed by atoms with Crippen molar-refractivity contribution in [2.45, 2.75) is 20.4 Å². The molecule has 3 aromatic carbocycles. The van der Waals surface area contributed by atoms with E-state index in [0.29, 0.717) is 34.6 Å². The second-order valence-electron chi connectivity index (χ2n) is 9.54. The average Bonchev–Trinajstić information content (AvgIpc) is 2.91. The van der Waals surface area contributed by atoms with Crippen LogP contribution in [-0.2, 0) is 6.54 Å². The summed E-state index contributed by atoms with van der Waals surface area (Å²) in [6.45, 7) is 4.31. The molecule has 0 fully saturated rings. The lowest BCUT2D eigenvalue weighted by Gasteiger charge is -2.25. The van der Waals surface area contributed by atoms with Gasteiger partial charge in [-0.15, -0.1) is 0 Å². The van der Waals surface area contributed by atoms with Crippen molar-refractivity contribution in [3.05, 3.63) is 117 Å². The van der Waals surface area contributed by atoms with Crippen molar-refractivity contribution in [1.82, 2.24) is 14.5 Å². The van der Waals surface area contributed by atoms with Crippen molar-refractivity contribution in [2.75, 3.05) is 24.7 Å². The number of nitrogens with two attached hydrogens (primary N) is 1. The van der Waals surface area contributed by atoms with Crippen LogP contribution in [0, 0.1) is 13.8 Å². The molecule has 0 radical (unpaired) electrons. The Kier molecular flexibility index (Phi) is 6.85. The third kappa shape index (κ3) is 4.72. The third-order valence-corrected chi connectivity index (χ3v) is 6.88. The Hall–Kier alpha value is -4.98. The smallest absolute Gasteiger partial charge is 0.263 e. The van der Waals surface area contributed by atoms with Gasteiger partial charge in [0.2, 0.25) is 0 Å². The molecule has 2 heterocycles. The van der Waals surface area contributed by atoms with Crippen molar-refractivity contribution < 1.29 is 5.11 Å². The number of aliphatic imine (C=N–C) groups is 1. The first-order valence-electron chi connectivity index (χ1n) is 12.6. The van der Waals surface area contributed by atoms with E-state index in [1.165, 1.54) is 6.33 Å². The van der Waals surface area contributed by atoms with Crippen molar-refractivity contribution in [2.24, 2.45) is 4.99 Å². The maximum atomic E-state index is 14.0. The summed E-state index contributed by atoms with van der Waals surface area (Å²) in [6, 6.07) is 22.6. The fourth-order valence-corrected chi connectivity index (χ4v) is 5.05. The van der Waals surface area contributed by atoms with E-state index in [1.54, 1.807) is 29.8 Å². The number of aryl methyl sites for hydroxylation is 2. The van der Waals surface area contributed by atoms with Crippen LogP contribution in [0.5, 0.6) is 5.75 Å². The molecule has 0 amide bonds. The van der Waals surface area contributed by atoms with Gasteiger partial charge in [-0.05, 0) is 54.6 Å². The highest BCUT2D eigenvalue weighted by molar-refractivity contribution is 6.18. The largest absolute Gasteiger partial charge is 0.508 e. The predicted molar refractivity (Wildman–Crippen MR) is 157 cm³/mol. The Bertz CT molecular complexity index is 1790. The third-order valence-electron chi connectivity index (χ3n) is 6.88. The van der Waals surface area contributed by atoms with Gasteiger partial charge in [0.25, 0.3) is 5.56 Å². The zero-order valence-electron chi connectivity index (χ0n) is 22.4. The number of benzene rings is 3. The molecule has 196 valence electrons. The van der Waals surface area contributed by atoms with Crippen LogP contribution in [0.25, 0.3) is 16.5 Å². The number of phenolic OH excluding ortho intramolecular Hbond substituents is 1. The molecule has 0 saturated heterocycles. The number of nitrogens with zero attached hydrogens (tertiary/aromatic N) is 5. The summed E-state index contributed by atoms with van der Waals surface area (Å²) in [7, 11) is 3.56. The van der Waals surface area contributed by atoms with Crippen LogP contribution in [0.15, 0.2) is 88.9 Å². The molecule has 5 aromatic rings. The number of rotatable bonds is 6. The number of pyridine rings is 1. The SMILES string of the molecule is CN=C(c1cccc(O)c1)c1c(N)ncnc1N(C)Cc1cc2cccc(C)c2c(=O)n1-c1ccccc1C. The minimum atomic E-state index is -0.0682. The highest BCUT2D eigenvalue weighted by Gasteiger charge is 2.22. The van der Waals surface area contributed by atoms with Gasteiger partial charge in [-0.3, -0.25) is 14.4 Å². The van der Waals surface area contributed by atoms with E-state index in [9.17, 15) is 9.90 Å². The highest BCUT2D eigenvalue weighted by atomic mass is 16.3. The molecule has 0 aliphatic heterocycles. The summed E-state index contributed by atoms with van der Waals surface area (Å²) in [4.78, 5) is 29.2. The number of hydrogen-bond acceptors (Lipinski definition) is 7. The van der Waals surface area contributed by atoms with E-state index >= 15 is 0 Å². The number of phenols is 1. The summed E-state index contributed by atoms with van der Waals surface area (Å²) in [6.07, 6.45) is 1.42. The van der Waals surface area contributed by atoms with Gasteiger partial charge in [-0.1, -0.05) is 48.5 Å². The van der Waals surface area contributed by atoms with Crippen LogP contribution >= 0.6 is 0 Å². The molecule has 0 saturated carbocycles. The van der Waals surface area contributed by atoms with Crippen LogP contribution < -0.4 is 16.2 Å². The van der Waals surface area contributed by atoms with Gasteiger partial charge >= 0.3 is 0 Å². The van der Waals surface area contributed by atoms with Gasteiger partial charge in [0.05, 0.1) is 28.9 Å². The molecular weight excluding hydrogens is 488 g/mol. The van der Waals surface area contributed by atoms with Crippen molar-refractivity contribution in [3.8, 4) is 11.4 Å². The topological polar surface area (TPSA) is 110 Å². The number of nitrogen functional groups attached to an aromatic ring is 1. The quantitative estimate of drug-likeness (QED) is 0.313. The lowest BCUT2D eigenvalue weighted by Crippen LogP contribution is -2.29. The molecule has 8 nitrogen and oxygen atoms in total. The molecule has 3 N–H and O–H groups in total. The Morgan fingerprint density at radius 2 is 1.74 bits per heavy atom. The normalized spacial score (nSPS) is 11.6. The second-order valence-corrected chi connectivity index (χ2v) is 9.54. The minimum absolute atomic E-state index is 0.0682. The molecule has 0 atom stereocenters. The zero-order chi connectivity index (χ0) is 27.7. The molecule has 2 aromatic heterocycles. The zero-order valence-corrected chi connectivity index (χ0v) is 22.4. The van der Waals surface area contributed by atoms with Crippen molar-refractivity contribution in [3.63, 3.8) is 0 Å². The minimum Gasteiger partial charge on any atom is -0.508 e. The molecule has 39 heavy (non-hydrogen) atoms. The molecule has 0 aliphatic rings. The Balaban J connectivity index is 1.68.